The van der Waals surface area contributed by atoms with Crippen LogP contribution in [0.1, 0.15) is 46.1 Å². The molecule has 2 rings (SSSR count). The first kappa shape index (κ1) is 34.5. The zero-order valence-corrected chi connectivity index (χ0v) is 23.6. The molecule has 2 heterocycles. The summed E-state index contributed by atoms with van der Waals surface area (Å²) in [5.74, 6) is -8.92. The van der Waals surface area contributed by atoms with Crippen molar-refractivity contribution in [1.82, 2.24) is 19.4 Å². The lowest BCUT2D eigenvalue weighted by Crippen LogP contribution is -2.66. The van der Waals surface area contributed by atoms with Gasteiger partial charge in [0.25, 0.3) is 17.2 Å². The number of aromatic nitrogens is 2. The fourth-order valence-corrected chi connectivity index (χ4v) is 4.94. The summed E-state index contributed by atoms with van der Waals surface area (Å²) >= 11 is 0. The van der Waals surface area contributed by atoms with E-state index in [1.165, 1.54) is 27.7 Å². The first-order valence-electron chi connectivity index (χ1n) is 13.1. The summed E-state index contributed by atoms with van der Waals surface area (Å²) in [6.07, 6.45) is -3.96. The number of nitrogens with one attached hydrogen (secondary N) is 1. The maximum Gasteiger partial charge on any atom is 0.451 e. The SMILES string of the molecule is CC(C)[C@@H](C(=O)C(F)(F)F)N1CCC[C@H]1C(=O)NC(=O)[C@](N)(C(=O)Cn1c(=O)c(CN)cn(CC(=O)O)c1=O)C(C)C. The molecular formula is C25H35F3N6O8. The number of hydrogen-bond donors (Lipinski definition) is 4. The number of carboxylic acids is 1. The van der Waals surface area contributed by atoms with E-state index in [1.807, 2.05) is 5.32 Å². The Hall–Kier alpha value is -3.70. The Labute approximate surface area is 237 Å². The van der Waals surface area contributed by atoms with Crippen molar-refractivity contribution < 1.29 is 42.3 Å². The standard InChI is InChI=1S/C25H35F3N6O8/c1-12(2)18(19(38)25(26,27)28)33-7-5-6-15(33)20(39)31-22(41)24(30,13(3)4)16(35)10-34-21(40)14(8-29)9-32(23(34)42)11-17(36)37/h9,12-13,15,18H,5-8,10-11,29-30H2,1-4H3,(H,36,37)(H,31,39,41)/t15-,18-,24+/m0/s1. The Balaban J connectivity index is 2.40. The van der Waals surface area contributed by atoms with Crippen molar-refractivity contribution in [3.8, 4) is 0 Å². The molecule has 0 unspecified atom stereocenters. The van der Waals surface area contributed by atoms with Crippen LogP contribution < -0.4 is 28.0 Å². The minimum atomic E-state index is -5.16. The topological polar surface area (TPSA) is 217 Å². The fourth-order valence-electron chi connectivity index (χ4n) is 4.94. The highest BCUT2D eigenvalue weighted by molar-refractivity contribution is 6.15. The van der Waals surface area contributed by atoms with Crippen LogP contribution in [0.3, 0.4) is 0 Å². The van der Waals surface area contributed by atoms with Crippen LogP contribution in [0.5, 0.6) is 0 Å². The van der Waals surface area contributed by atoms with Crippen molar-refractivity contribution >= 4 is 29.4 Å². The van der Waals surface area contributed by atoms with Gasteiger partial charge in [-0.2, -0.15) is 13.2 Å². The highest BCUT2D eigenvalue weighted by Crippen LogP contribution is 2.30. The Bertz CT molecular complexity index is 1370. The molecule has 0 spiro atoms. The summed E-state index contributed by atoms with van der Waals surface area (Å²) < 4.78 is 40.9. The number of nitrogens with two attached hydrogens (primary N) is 2. The Morgan fingerprint density at radius 3 is 2.17 bits per heavy atom. The average Bonchev–Trinajstić information content (AvgIpc) is 3.35. The molecule has 3 atom stereocenters. The lowest BCUT2D eigenvalue weighted by Gasteiger charge is -2.35. The van der Waals surface area contributed by atoms with Crippen LogP contribution >= 0.6 is 0 Å². The molecule has 1 aromatic heterocycles. The summed E-state index contributed by atoms with van der Waals surface area (Å²) in [6, 6.07) is -3.01. The van der Waals surface area contributed by atoms with Crippen LogP contribution in [0, 0.1) is 11.8 Å². The van der Waals surface area contributed by atoms with Gasteiger partial charge in [-0.3, -0.25) is 48.1 Å². The van der Waals surface area contributed by atoms with E-state index in [9.17, 15) is 46.7 Å². The fraction of sp³-hybridized carbons (Fsp3) is 0.640. The summed E-state index contributed by atoms with van der Waals surface area (Å²) in [5.41, 5.74) is 6.78. The van der Waals surface area contributed by atoms with Crippen molar-refractivity contribution in [2.24, 2.45) is 23.3 Å². The number of imide groups is 1. The number of rotatable bonds is 12. The van der Waals surface area contributed by atoms with E-state index >= 15 is 0 Å². The van der Waals surface area contributed by atoms with E-state index in [0.29, 0.717) is 9.13 Å². The number of nitrogens with zero attached hydrogens (tertiary/aromatic N) is 3. The molecule has 42 heavy (non-hydrogen) atoms. The lowest BCUT2D eigenvalue weighted by molar-refractivity contribution is -0.179. The first-order chi connectivity index (χ1) is 19.3. The molecule has 0 aromatic carbocycles. The summed E-state index contributed by atoms with van der Waals surface area (Å²) in [5, 5.41) is 11.0. The number of carbonyl (C=O) groups is 5. The van der Waals surface area contributed by atoms with Crippen LogP contribution in [0.25, 0.3) is 0 Å². The van der Waals surface area contributed by atoms with Gasteiger partial charge in [-0.05, 0) is 31.2 Å². The molecule has 234 valence electrons. The van der Waals surface area contributed by atoms with Gasteiger partial charge in [0.2, 0.25) is 5.91 Å². The monoisotopic (exact) mass is 604 g/mol. The number of hydrogen-bond acceptors (Lipinski definition) is 10. The number of amides is 2. The van der Waals surface area contributed by atoms with Crippen molar-refractivity contribution in [3.63, 3.8) is 0 Å². The first-order valence-corrected chi connectivity index (χ1v) is 13.1. The summed E-state index contributed by atoms with van der Waals surface area (Å²) in [6.45, 7) is 3.10. The van der Waals surface area contributed by atoms with Crippen LogP contribution in [-0.4, -0.2) is 78.8 Å². The van der Waals surface area contributed by atoms with Gasteiger partial charge in [-0.15, -0.1) is 0 Å². The van der Waals surface area contributed by atoms with E-state index in [4.69, 9.17) is 16.6 Å². The third-order valence-electron chi connectivity index (χ3n) is 7.25. The number of carbonyl (C=O) groups excluding carboxylic acids is 4. The Morgan fingerprint density at radius 2 is 1.69 bits per heavy atom. The molecule has 0 radical (unpaired) electrons. The van der Waals surface area contributed by atoms with Gasteiger partial charge in [-0.1, -0.05) is 27.7 Å². The van der Waals surface area contributed by atoms with Gasteiger partial charge in [0, 0.05) is 18.3 Å². The lowest BCUT2D eigenvalue weighted by atomic mass is 9.82. The normalized spacial score (nSPS) is 18.1. The number of ketones is 2. The molecule has 1 fully saturated rings. The van der Waals surface area contributed by atoms with Gasteiger partial charge < -0.3 is 16.6 Å². The predicted octanol–water partition coefficient (Wildman–Crippen LogP) is -1.26. The predicted molar refractivity (Wildman–Crippen MR) is 140 cm³/mol. The Morgan fingerprint density at radius 1 is 1.10 bits per heavy atom. The number of halogens is 3. The van der Waals surface area contributed by atoms with Gasteiger partial charge >= 0.3 is 17.8 Å². The summed E-state index contributed by atoms with van der Waals surface area (Å²) in [4.78, 5) is 89.7. The molecule has 14 nitrogen and oxygen atoms in total. The van der Waals surface area contributed by atoms with E-state index in [1.54, 1.807) is 0 Å². The highest BCUT2D eigenvalue weighted by atomic mass is 19.4. The number of carboxylic acid groups (broad SMARTS) is 1. The average molecular weight is 605 g/mol. The second kappa shape index (κ2) is 13.1. The second-order valence-electron chi connectivity index (χ2n) is 10.8. The molecule has 0 aliphatic carbocycles. The van der Waals surface area contributed by atoms with E-state index in [-0.39, 0.29) is 24.9 Å². The molecule has 0 bridgehead atoms. The largest absolute Gasteiger partial charge is 0.480 e. The van der Waals surface area contributed by atoms with Crippen LogP contribution in [0.15, 0.2) is 15.8 Å². The smallest absolute Gasteiger partial charge is 0.451 e. The maximum atomic E-state index is 13.4. The van der Waals surface area contributed by atoms with Crippen molar-refractivity contribution in [1.29, 1.82) is 0 Å². The van der Waals surface area contributed by atoms with E-state index < -0.39 is 95.9 Å². The maximum absolute atomic E-state index is 13.4. The molecule has 0 saturated carbocycles. The van der Waals surface area contributed by atoms with Crippen molar-refractivity contribution in [2.45, 2.75) is 84.0 Å². The van der Waals surface area contributed by atoms with E-state index in [2.05, 4.69) is 0 Å². The molecule has 17 heteroatoms. The number of alkyl halides is 3. The van der Waals surface area contributed by atoms with Crippen molar-refractivity contribution in [3.05, 3.63) is 32.6 Å². The molecule has 1 saturated heterocycles. The summed E-state index contributed by atoms with van der Waals surface area (Å²) in [7, 11) is 0. The van der Waals surface area contributed by atoms with E-state index in [0.717, 1.165) is 11.1 Å². The molecule has 1 aromatic rings. The number of aliphatic carboxylic acids is 1. The molecule has 2 amide bonds. The van der Waals surface area contributed by atoms with Crippen molar-refractivity contribution in [2.75, 3.05) is 6.54 Å². The minimum Gasteiger partial charge on any atom is -0.480 e. The molecular weight excluding hydrogens is 569 g/mol. The minimum absolute atomic E-state index is 0.0189. The zero-order chi connectivity index (χ0) is 32.3. The highest BCUT2D eigenvalue weighted by Gasteiger charge is 2.51. The van der Waals surface area contributed by atoms with Crippen LogP contribution in [0.2, 0.25) is 0 Å². The van der Waals surface area contributed by atoms with Gasteiger partial charge in [0.05, 0.1) is 18.6 Å². The number of Topliss-reactive ketones (excluding diaryl/α,β-unsaturated/α-hetero) is 2. The second-order valence-corrected chi connectivity index (χ2v) is 10.8. The third kappa shape index (κ3) is 7.01. The third-order valence-corrected chi connectivity index (χ3v) is 7.25. The van der Waals surface area contributed by atoms with Gasteiger partial charge in [0.1, 0.15) is 6.54 Å². The molecule has 1 aliphatic heterocycles. The van der Waals surface area contributed by atoms with Crippen LogP contribution in [0.4, 0.5) is 13.2 Å². The Kier molecular flexibility index (Phi) is 10.7. The quantitative estimate of drug-likeness (QED) is 0.206. The zero-order valence-electron chi connectivity index (χ0n) is 23.6. The van der Waals surface area contributed by atoms with Gasteiger partial charge in [0.15, 0.2) is 11.3 Å². The number of likely N-dealkylation sites (tertiary alicyclic amines) is 1. The van der Waals surface area contributed by atoms with Crippen LogP contribution in [-0.2, 0) is 43.6 Å². The van der Waals surface area contributed by atoms with Gasteiger partial charge in [-0.25, -0.2) is 4.79 Å². The molecule has 1 aliphatic rings. The molecule has 6 N–H and O–H groups in total.